The van der Waals surface area contributed by atoms with Crippen molar-refractivity contribution in [3.63, 3.8) is 0 Å². The van der Waals surface area contributed by atoms with Crippen LogP contribution in [0.15, 0.2) is 48.6 Å². The third kappa shape index (κ3) is 45.3. The Bertz CT molecular complexity index is 3600. The number of rotatable bonds is 60. The Hall–Kier alpha value is 2.14. The Labute approximate surface area is 946 Å². The number of carboxylic acid groups (broad SMARTS) is 1. The maximum absolute atomic E-state index is 11.6. The predicted octanol–water partition coefficient (Wildman–Crippen LogP) is 31.6. The van der Waals surface area contributed by atoms with Gasteiger partial charge in [-0.05, 0) is 325 Å². The zero-order chi connectivity index (χ0) is 110. The van der Waals surface area contributed by atoms with Crippen molar-refractivity contribution in [3.8, 4) is 0 Å². The topological polar surface area (TPSA) is 266 Å². The third-order valence-corrected chi connectivity index (χ3v) is 42.3. The monoisotopic (exact) mass is 2340 g/mol. The number of aliphatic hydroxyl groups excluding tert-OH is 5. The maximum atomic E-state index is 11.6. The Kier molecular flexibility index (Phi) is 65.9. The molecule has 11 unspecified atom stereocenters. The second-order valence-corrected chi connectivity index (χ2v) is 51.0. The SMILES string of the molecule is CCCC/C=C\C[C@@H]1[C@@H](CC[C@@H](O)C2CCCCC2)[C@H](O)C[C@H]1Cl.[3HH].[3HH].[3HH].[3HH].[3HH].[3H]PO[C@@H]1C[C@@H](Cl)[C@H](C/C=C\CCCC)[C@H]1CC[C@@H](OP)C1CCCCC1.[3H]PO[C@@H]1C[C@@H]2OC(=O)C[C@@H]2[C@H]1CC[C@@H](OP)C1CCCCC1.[3H]PO[C@@H]1C[C@@H]2OC(O)C[C@@H]2[C@H]1CC[C@@H](OP)C1CCCCC1.[3H]PO[C@@H]1C[C@H](O)[C@H](C/C=C\CCCC(=O)O)[C@H]1CC[C@@H](OP)C1CCCCC1.[3H]PO[C@@H]1C[C@H](O)[C@H](C/C=C\CCCC)[C@H]1CC[C@@H](OP)C1CCCCC1. The van der Waals surface area contributed by atoms with Gasteiger partial charge in [-0.2, -0.15) is 0 Å². The van der Waals surface area contributed by atoms with E-state index in [1.54, 1.807) is 0 Å². The molecule has 870 valence electrons. The number of carbonyl (C=O) groups excluding carboxylic acids is 1. The molecule has 20 nitrogen and oxygen atoms in total. The number of aliphatic hydroxyl groups is 5. The van der Waals surface area contributed by atoms with Crippen LogP contribution in [0.1, 0.15) is 452 Å². The molecule has 14 rings (SSSR count). The summed E-state index contributed by atoms with van der Waals surface area (Å²) in [5, 5.41) is 60.9. The van der Waals surface area contributed by atoms with Crippen molar-refractivity contribution in [1.29, 1.82) is 6.39 Å². The quantitative estimate of drug-likeness (QED) is 0.0109. The fraction of sp³-hybridized carbons (Fsp3) is 0.914. The lowest BCUT2D eigenvalue weighted by Crippen LogP contribution is -2.27. The number of halogens is 2. The fourth-order valence-electron chi connectivity index (χ4n) is 29.3. The van der Waals surface area contributed by atoms with Gasteiger partial charge in [-0.15, -0.1) is 23.2 Å². The molecule has 0 aromatic carbocycles. The summed E-state index contributed by atoms with van der Waals surface area (Å²) in [6, 6.07) is 0. The second kappa shape index (κ2) is 77.8. The van der Waals surface area contributed by atoms with Crippen LogP contribution in [0.3, 0.4) is 0 Å². The average Bonchev–Trinajstić information content (AvgIpc) is 1.63. The molecule has 0 aromatic heterocycles. The Balaban J connectivity index is 0.000000392. The van der Waals surface area contributed by atoms with Crippen LogP contribution in [0.25, 0.3) is 0 Å². The van der Waals surface area contributed by atoms with Gasteiger partial charge in [0.2, 0.25) is 0 Å². The van der Waals surface area contributed by atoms with E-state index in [1.807, 2.05) is 6.08 Å². The predicted molar refractivity (Wildman–Crippen MR) is 649 cm³/mol. The summed E-state index contributed by atoms with van der Waals surface area (Å²) in [7, 11) is 11.2. The lowest BCUT2D eigenvalue weighted by Gasteiger charge is -2.31. The summed E-state index contributed by atoms with van der Waals surface area (Å²) in [5.74, 6) is 6.85. The highest BCUT2D eigenvalue weighted by Gasteiger charge is 2.53. The summed E-state index contributed by atoms with van der Waals surface area (Å²) >= 11 is 13.2. The molecule has 6 N–H and O–H groups in total. The van der Waals surface area contributed by atoms with E-state index in [9.17, 15) is 35.1 Å². The first-order valence-electron chi connectivity index (χ1n) is 62.3. The first kappa shape index (κ1) is 125. The van der Waals surface area contributed by atoms with Crippen LogP contribution in [0.4, 0.5) is 0 Å². The van der Waals surface area contributed by atoms with Crippen LogP contribution in [0.5, 0.6) is 0 Å². The minimum atomic E-state index is -0.760. The van der Waals surface area contributed by atoms with Crippen LogP contribution in [0, 0.1) is 107 Å². The number of carbonyl (C=O) groups is 2. The zero-order valence-corrected chi connectivity index (χ0v) is 103. The highest BCUT2D eigenvalue weighted by Crippen LogP contribution is 2.53. The van der Waals surface area contributed by atoms with Crippen LogP contribution < -0.4 is 0 Å². The van der Waals surface area contributed by atoms with Crippen molar-refractivity contribution >= 4 is 130 Å². The van der Waals surface area contributed by atoms with Gasteiger partial charge in [-0.25, -0.2) is 0 Å². The molecule has 12 aliphatic carbocycles. The van der Waals surface area contributed by atoms with Gasteiger partial charge < -0.3 is 85.4 Å². The second-order valence-electron chi connectivity index (χ2n) is 47.3. The molecular formula is C116H222Cl2O20P10. The highest BCUT2D eigenvalue weighted by atomic mass is 35.5. The number of allylic oxidation sites excluding steroid dienone is 8. The standard InChI is InChI=1S/C21H39ClO2P2.C21H37ClO2.C21H38O5P2.C21H40O3P2.C16H30O4P2.C16H28O4P2.5H2/c1-2-3-4-5-9-12-17-18(21(24-26)15-19(17)22)13-14-20(23-25)16-10-7-6-8-11-16;1-2-3-4-5-9-12-17-18(21(24)15-19(17)22)13-14-20(23)16-10-7-6-8-11-16;22-18-14-20(26-28)17(16(18)10-6-1-2-7-11-21(23)24)12-13-19(25-27)15-8-4-3-5-9-15;1-2-3-4-5-9-12-17-18(21(24-26)15-19(17)22)13-14-20(23-25)16-10-7-6-8-11-16;2*17-16-8-12-11(15(20-22)9-14(12)18-16)6-7-13(19-21)10-4-2-1-3-5-10;;;;;/h5,9,16-21H,2-4,6-8,10-15,25-26H2,1H3;5,9,16-21,23-24H,2-4,6-8,10-15H2,1H3;1,6,15-20,22H,2-5,7-14,27-28H2,(H,23,24);5,9,16-22H,2-4,6-8,10-15,25-26H2,1H3;10-17H,1-9,21-22H2;10-15H,1-9,21-22H2;5*1H/b2*9-5-;6-1-;9-5-;;;;;;;/t2*17-,18-,19-,20-,21-;16-,17-,18+,19-,20-;17-,18-,19+,20-,21-;11-,12-,13-,14+,15-,16?;11-,12-,13-,14+,15-;;;;;/m111111...../s1/i26T;;28T;26T;2*22T;5*1+2/t17-,18-,19-,20-,21-,26?;;16-,17-,18+,19-,20-,28?;17-,18-,19+,20-,21-,26?;11-,12-,13-,14+,15-,16?,22?;11-,12-,13-,14+,15-,22?;;;;;. The molecule has 0 radical (unpaired) electrons. The molecule has 32 heteroatoms. The van der Waals surface area contributed by atoms with E-state index in [0.717, 1.165) is 141 Å². The molecule has 14 fully saturated rings. The Morgan fingerprint density at radius 2 is 0.662 bits per heavy atom. The summed E-state index contributed by atoms with van der Waals surface area (Å²) < 4.78 is 106. The van der Waals surface area contributed by atoms with E-state index in [0.29, 0.717) is 134 Å². The molecule has 0 aromatic rings. The minimum absolute atomic E-state index is 0. The fourth-order valence-corrected chi connectivity index (χ4v) is 33.4. The smallest absolute Gasteiger partial charge is 0.306 e. The molecule has 41 atom stereocenters. The number of hydrogen-bond donors (Lipinski definition) is 6. The largest absolute Gasteiger partial charge is 0.481 e. The van der Waals surface area contributed by atoms with E-state index in [4.69, 9.17) is 89.4 Å². The van der Waals surface area contributed by atoms with E-state index in [1.165, 1.54) is 238 Å². The van der Waals surface area contributed by atoms with Gasteiger partial charge in [0.15, 0.2) is 6.29 Å². The van der Waals surface area contributed by atoms with Crippen molar-refractivity contribution in [2.75, 3.05) is 0 Å². The van der Waals surface area contributed by atoms with Crippen molar-refractivity contribution in [3.05, 3.63) is 48.6 Å². The summed E-state index contributed by atoms with van der Waals surface area (Å²) in [4.78, 5) is 22.2. The van der Waals surface area contributed by atoms with Crippen LogP contribution in [-0.2, 0) is 64.3 Å². The van der Waals surface area contributed by atoms with Gasteiger partial charge in [-0.3, -0.25) is 9.59 Å². The maximum Gasteiger partial charge on any atom is 0.306 e. The number of unbranched alkanes of at least 4 members (excludes halogenated alkanes) is 7. The average molecular weight is 2340 g/mol. The van der Waals surface area contributed by atoms with Crippen molar-refractivity contribution in [2.45, 2.75) is 559 Å². The molecule has 0 bridgehead atoms. The molecular weight excluding hydrogens is 2090 g/mol. The van der Waals surface area contributed by atoms with Crippen molar-refractivity contribution in [2.24, 2.45) is 107 Å². The Morgan fingerprint density at radius 3 is 1.02 bits per heavy atom. The molecule has 148 heavy (non-hydrogen) atoms. The highest BCUT2D eigenvalue weighted by molar-refractivity contribution is 7.11. The molecule has 2 saturated heterocycles. The zero-order valence-electron chi connectivity index (χ0n) is 96.2. The van der Waals surface area contributed by atoms with Gasteiger partial charge in [0.25, 0.3) is 0 Å². The summed E-state index contributed by atoms with van der Waals surface area (Å²) in [6.07, 6.45) is 90.7. The van der Waals surface area contributed by atoms with E-state index < -0.39 is 18.4 Å². The van der Waals surface area contributed by atoms with Gasteiger partial charge >= 0.3 is 11.9 Å². The van der Waals surface area contributed by atoms with Crippen molar-refractivity contribution < 1.29 is 102 Å². The molecule has 0 spiro atoms. The van der Waals surface area contributed by atoms with Crippen molar-refractivity contribution in [1.82, 2.24) is 0 Å². The molecule has 0 amide bonds. The molecule has 2 aliphatic heterocycles. The van der Waals surface area contributed by atoms with E-state index in [-0.39, 0.29) is 180 Å². The van der Waals surface area contributed by atoms with Crippen LogP contribution in [-0.4, -0.2) is 164 Å². The first-order chi connectivity index (χ1) is 74.6. The van der Waals surface area contributed by atoms with Gasteiger partial charge in [-0.1, -0.05) is 223 Å². The molecule has 2 heterocycles. The number of fused-ring (bicyclic) bond motifs is 2. The lowest BCUT2D eigenvalue weighted by atomic mass is 9.80. The van der Waals surface area contributed by atoms with Gasteiger partial charge in [0.1, 0.15) is 6.10 Å². The molecule has 12 saturated carbocycles. The van der Waals surface area contributed by atoms with Crippen LogP contribution in [0.2, 0.25) is 0 Å². The number of esters is 1. The molecule has 14 aliphatic rings. The Morgan fingerprint density at radius 1 is 0.365 bits per heavy atom. The normalized spacial score (nSPS) is 34.7. The lowest BCUT2D eigenvalue weighted by molar-refractivity contribution is -0.142. The van der Waals surface area contributed by atoms with E-state index in [2.05, 4.69) is 111 Å². The number of alkyl halides is 2. The van der Waals surface area contributed by atoms with Crippen LogP contribution >= 0.6 is 118 Å². The number of ether oxygens (including phenoxy) is 2. The number of carboxylic acids is 1. The van der Waals surface area contributed by atoms with Gasteiger partial charge in [0, 0.05) is 157 Å². The number of aliphatic carboxylic acids is 1. The van der Waals surface area contributed by atoms with Gasteiger partial charge in [0.05, 0.1) is 104 Å². The summed E-state index contributed by atoms with van der Waals surface area (Å²) in [6.45, 7) is 6.66. The first-order valence-corrected chi connectivity index (χ1v) is 65.1. The van der Waals surface area contributed by atoms with E-state index >= 15 is 0 Å². The summed E-state index contributed by atoms with van der Waals surface area (Å²) in [5.41, 5.74) is 0. The number of hydrogen-bond acceptors (Lipinski definition) is 19. The third-order valence-electron chi connectivity index (χ3n) is 38.0. The minimum Gasteiger partial charge on any atom is -0.481 e.